The van der Waals surface area contributed by atoms with Crippen molar-refractivity contribution in [2.45, 2.75) is 58.3 Å². The third-order valence-corrected chi connectivity index (χ3v) is 12.4. The maximum absolute atomic E-state index is 11.8. The van der Waals surface area contributed by atoms with Gasteiger partial charge in [0.25, 0.3) is 10.1 Å². The van der Waals surface area contributed by atoms with Gasteiger partial charge in [0.15, 0.2) is 5.71 Å². The number of carboxylic acid groups (broad SMARTS) is 2. The van der Waals surface area contributed by atoms with Gasteiger partial charge in [-0.2, -0.15) is 13.0 Å². The number of allylic oxidation sites excluding steroid dienone is 6. The molecule has 0 bridgehead atoms. The molecule has 9 nitrogen and oxygen atoms in total. The Labute approximate surface area is 293 Å². The fraction of sp³-hybridized carbons (Fsp3) is 0.324. The Morgan fingerprint density at radius 3 is 2.08 bits per heavy atom. The zero-order chi connectivity index (χ0) is 35.5. The van der Waals surface area contributed by atoms with Gasteiger partial charge in [0, 0.05) is 62.3 Å². The highest BCUT2D eigenvalue weighted by Gasteiger charge is 2.46. The van der Waals surface area contributed by atoms with Crippen LogP contribution in [0.2, 0.25) is 0 Å². The fourth-order valence-corrected chi connectivity index (χ4v) is 9.74. The molecule has 0 spiro atoms. The van der Waals surface area contributed by atoms with Crippen molar-refractivity contribution in [1.82, 2.24) is 0 Å². The molecule has 0 amide bonds. The van der Waals surface area contributed by atoms with E-state index >= 15 is 0 Å². The van der Waals surface area contributed by atoms with Crippen LogP contribution in [0.1, 0.15) is 77.9 Å². The molecule has 2 aliphatic rings. The molecule has 0 unspecified atom stereocenters. The first-order valence-corrected chi connectivity index (χ1v) is 19.3. The van der Waals surface area contributed by atoms with Crippen LogP contribution in [0.15, 0.2) is 72.5 Å². The van der Waals surface area contributed by atoms with E-state index in [-0.39, 0.29) is 22.5 Å². The fourth-order valence-electron chi connectivity index (χ4n) is 7.43. The molecule has 256 valence electrons. The van der Waals surface area contributed by atoms with Crippen LogP contribution in [0.4, 0.5) is 11.4 Å². The van der Waals surface area contributed by atoms with Crippen LogP contribution in [0, 0.1) is 0 Å². The number of anilines is 1. The van der Waals surface area contributed by atoms with Crippen LogP contribution in [0.5, 0.6) is 0 Å². The van der Waals surface area contributed by atoms with Crippen LogP contribution in [-0.2, 0) is 20.9 Å². The minimum absolute atomic E-state index is 0.212. The van der Waals surface area contributed by atoms with Crippen molar-refractivity contribution in [1.29, 1.82) is 0 Å². The van der Waals surface area contributed by atoms with Crippen molar-refractivity contribution in [3.05, 3.63) is 93.4 Å². The highest BCUT2D eigenvalue weighted by Crippen LogP contribution is 2.52. The lowest BCUT2D eigenvalue weighted by Gasteiger charge is -2.27. The number of carboxylic acids is 2. The zero-order valence-corrected chi connectivity index (χ0v) is 30.4. The maximum Gasteiger partial charge on any atom is 0.345 e. The molecule has 3 N–H and O–H groups in total. The number of hydrogen-bond donors (Lipinski definition) is 3. The van der Waals surface area contributed by atoms with E-state index in [1.54, 1.807) is 12.1 Å². The van der Waals surface area contributed by atoms with Gasteiger partial charge >= 0.3 is 11.9 Å². The summed E-state index contributed by atoms with van der Waals surface area (Å²) in [6.07, 6.45) is 11.2. The van der Waals surface area contributed by atoms with Crippen LogP contribution >= 0.6 is 22.7 Å². The average molecular weight is 720 g/mol. The van der Waals surface area contributed by atoms with Crippen molar-refractivity contribution in [3.63, 3.8) is 0 Å². The van der Waals surface area contributed by atoms with Crippen molar-refractivity contribution < 1.29 is 37.3 Å². The van der Waals surface area contributed by atoms with Crippen molar-refractivity contribution in [3.8, 4) is 0 Å². The van der Waals surface area contributed by atoms with E-state index in [0.717, 1.165) is 67.0 Å². The van der Waals surface area contributed by atoms with E-state index < -0.39 is 27.5 Å². The first kappa shape index (κ1) is 34.8. The van der Waals surface area contributed by atoms with E-state index in [4.69, 9.17) is 0 Å². The second-order valence-electron chi connectivity index (χ2n) is 13.4. The molecule has 0 saturated carbocycles. The molecular formula is C37H39N2O7S3+. The second-order valence-corrected chi connectivity index (χ2v) is 17.2. The molecule has 0 fully saturated rings. The topological polar surface area (TPSA) is 135 Å². The first-order valence-electron chi connectivity index (χ1n) is 16.1. The number of carbonyl (C=O) groups is 2. The SMILES string of the molecule is CCC[N+]1=C(C=CC=CC=C2N(CCCS(=O)(=O)O)c3ccc4sc(C(=O)O)cc4c3C2(C)C)C(C)(C)c2c1ccc1sc(C(=O)O)cc21. The third kappa shape index (κ3) is 6.16. The van der Waals surface area contributed by atoms with E-state index in [0.29, 0.717) is 11.4 Å². The van der Waals surface area contributed by atoms with Gasteiger partial charge in [-0.25, -0.2) is 9.59 Å². The number of nitrogens with zero attached hydrogens (tertiary/aromatic N) is 2. The minimum atomic E-state index is -4.13. The molecule has 0 radical (unpaired) electrons. The largest absolute Gasteiger partial charge is 0.477 e. The first-order chi connectivity index (χ1) is 23.1. The highest BCUT2D eigenvalue weighted by atomic mass is 32.2. The molecule has 0 aliphatic carbocycles. The maximum atomic E-state index is 11.8. The predicted octanol–water partition coefficient (Wildman–Crippen LogP) is 8.37. The Hall–Kier alpha value is -4.10. The summed E-state index contributed by atoms with van der Waals surface area (Å²) in [5.74, 6) is -2.26. The Morgan fingerprint density at radius 2 is 1.49 bits per heavy atom. The predicted molar refractivity (Wildman–Crippen MR) is 198 cm³/mol. The number of aromatic carboxylic acids is 2. The number of benzene rings is 2. The Bertz CT molecular complexity index is 2270. The van der Waals surface area contributed by atoms with Gasteiger partial charge in [0.1, 0.15) is 16.3 Å². The smallest absolute Gasteiger partial charge is 0.345 e. The molecule has 4 aromatic rings. The average Bonchev–Trinajstić information content (AvgIpc) is 3.74. The molecule has 4 heterocycles. The van der Waals surface area contributed by atoms with Crippen LogP contribution in [-0.4, -0.2) is 64.3 Å². The number of fused-ring (bicyclic) bond motifs is 6. The van der Waals surface area contributed by atoms with Crippen molar-refractivity contribution in [2.24, 2.45) is 0 Å². The van der Waals surface area contributed by atoms with E-state index in [9.17, 15) is 32.8 Å². The Balaban J connectivity index is 1.36. The molecule has 2 aliphatic heterocycles. The van der Waals surface area contributed by atoms with Gasteiger partial charge in [-0.15, -0.1) is 22.7 Å². The van der Waals surface area contributed by atoms with Crippen LogP contribution < -0.4 is 4.90 Å². The van der Waals surface area contributed by atoms with Gasteiger partial charge in [0.2, 0.25) is 5.69 Å². The van der Waals surface area contributed by atoms with Crippen molar-refractivity contribution in [2.75, 3.05) is 23.7 Å². The number of rotatable bonds is 11. The Kier molecular flexibility index (Phi) is 8.98. The summed E-state index contributed by atoms with van der Waals surface area (Å²) in [6, 6.07) is 11.5. The minimum Gasteiger partial charge on any atom is -0.477 e. The molecular weight excluding hydrogens is 681 g/mol. The lowest BCUT2D eigenvalue weighted by Crippen LogP contribution is -2.28. The Morgan fingerprint density at radius 1 is 0.878 bits per heavy atom. The normalized spacial score (nSPS) is 17.8. The van der Waals surface area contributed by atoms with Crippen LogP contribution in [0.25, 0.3) is 20.2 Å². The van der Waals surface area contributed by atoms with Gasteiger partial charge in [-0.05, 0) is 67.6 Å². The standard InChI is InChI=1S/C37H38N2O7S3/c1-6-17-38-24-13-15-26-22(20-28(47-26)34(40)41)32(24)36(2,3)30(38)11-8-7-9-12-31-37(4,5)33-23-21-29(35(42)43)48-27(23)16-14-25(33)39(31)18-10-19-49(44,45)46/h7-9,11-16,20-21H,6,10,17-19H2,1-5H3,(H2-,40,41,42,43,44,45,46)/p+1. The lowest BCUT2D eigenvalue weighted by atomic mass is 9.80. The van der Waals surface area contributed by atoms with Crippen molar-refractivity contribution >= 4 is 82.0 Å². The van der Waals surface area contributed by atoms with Crippen LogP contribution in [0.3, 0.4) is 0 Å². The molecule has 2 aromatic carbocycles. The summed E-state index contributed by atoms with van der Waals surface area (Å²) in [5, 5.41) is 21.2. The number of hydrogen-bond acceptors (Lipinski definition) is 7. The molecule has 6 rings (SSSR count). The second kappa shape index (κ2) is 12.7. The molecule has 2 aromatic heterocycles. The van der Waals surface area contributed by atoms with E-state index in [2.05, 4.69) is 56.2 Å². The van der Waals surface area contributed by atoms with E-state index in [1.165, 1.54) is 22.7 Å². The number of thiophene rings is 2. The van der Waals surface area contributed by atoms with Gasteiger partial charge in [-0.3, -0.25) is 4.55 Å². The molecule has 0 saturated heterocycles. The summed E-state index contributed by atoms with van der Waals surface area (Å²) in [6.45, 7) is 11.8. The lowest BCUT2D eigenvalue weighted by molar-refractivity contribution is -0.437. The van der Waals surface area contributed by atoms with Gasteiger partial charge in [-0.1, -0.05) is 39.0 Å². The van der Waals surface area contributed by atoms with Gasteiger partial charge < -0.3 is 15.1 Å². The summed E-state index contributed by atoms with van der Waals surface area (Å²) in [7, 11) is -4.13. The highest BCUT2D eigenvalue weighted by molar-refractivity contribution is 7.85. The quantitative estimate of drug-likeness (QED) is 0.0800. The summed E-state index contributed by atoms with van der Waals surface area (Å²) in [5.41, 5.74) is 5.25. The molecule has 12 heteroatoms. The van der Waals surface area contributed by atoms with Gasteiger partial charge in [0.05, 0.1) is 11.2 Å². The third-order valence-electron chi connectivity index (χ3n) is 9.43. The summed E-state index contributed by atoms with van der Waals surface area (Å²) < 4.78 is 36.6. The monoisotopic (exact) mass is 719 g/mol. The molecule has 49 heavy (non-hydrogen) atoms. The zero-order valence-electron chi connectivity index (χ0n) is 28.0. The summed E-state index contributed by atoms with van der Waals surface area (Å²) in [4.78, 5) is 26.2. The van der Waals surface area contributed by atoms with E-state index in [1.807, 2.05) is 42.5 Å². The summed E-state index contributed by atoms with van der Waals surface area (Å²) >= 11 is 2.52. The molecule has 0 atom stereocenters.